The summed E-state index contributed by atoms with van der Waals surface area (Å²) in [7, 11) is 0. The van der Waals surface area contributed by atoms with Crippen LogP contribution in [0.2, 0.25) is 0 Å². The Hall–Kier alpha value is -0.830. The predicted molar refractivity (Wildman–Crippen MR) is 47.2 cm³/mol. The van der Waals surface area contributed by atoms with Gasteiger partial charge in [0, 0.05) is 10.8 Å². The van der Waals surface area contributed by atoms with Crippen molar-refractivity contribution in [3.05, 3.63) is 22.4 Å². The van der Waals surface area contributed by atoms with E-state index in [-0.39, 0.29) is 18.0 Å². The predicted octanol–water partition coefficient (Wildman–Crippen LogP) is 2.17. The van der Waals surface area contributed by atoms with Gasteiger partial charge >= 0.3 is 5.97 Å². The van der Waals surface area contributed by atoms with Gasteiger partial charge in [-0.25, -0.2) is 0 Å². The Balaban J connectivity index is 2.20. The van der Waals surface area contributed by atoms with Crippen LogP contribution in [0.3, 0.4) is 0 Å². The van der Waals surface area contributed by atoms with Crippen molar-refractivity contribution in [2.75, 3.05) is 0 Å². The normalized spacial score (nSPS) is 28.9. The van der Waals surface area contributed by atoms with Gasteiger partial charge in [-0.05, 0) is 18.4 Å². The maximum atomic E-state index is 10.9. The van der Waals surface area contributed by atoms with Crippen LogP contribution in [0.4, 0.5) is 0 Å². The molecule has 0 saturated carbocycles. The molecule has 1 aromatic rings. The van der Waals surface area contributed by atoms with E-state index in [1.54, 1.807) is 11.3 Å². The molecule has 1 saturated heterocycles. The molecular weight excluding hydrogens is 172 g/mol. The number of cyclic esters (lactones) is 1. The molecule has 0 spiro atoms. The van der Waals surface area contributed by atoms with Gasteiger partial charge in [0.25, 0.3) is 0 Å². The molecule has 2 atom stereocenters. The van der Waals surface area contributed by atoms with Gasteiger partial charge in [0.2, 0.25) is 0 Å². The quantitative estimate of drug-likeness (QED) is 0.622. The summed E-state index contributed by atoms with van der Waals surface area (Å²) in [5.74, 6) is 0.221. The first-order chi connectivity index (χ1) is 5.77. The minimum atomic E-state index is -0.0686. The molecular formula is C9H10O2S. The van der Waals surface area contributed by atoms with E-state index >= 15 is 0 Å². The average Bonchev–Trinajstić information content (AvgIpc) is 2.58. The standard InChI is InChI=1S/C9H10O2S/c1-6-7(5-9(10)11-6)8-3-2-4-12-8/h2-4,6-7H,5H2,1H3/t6-,7+/m0/s1. The molecule has 64 valence electrons. The molecule has 0 radical (unpaired) electrons. The Morgan fingerprint density at radius 3 is 3.00 bits per heavy atom. The Kier molecular flexibility index (Phi) is 1.89. The number of rotatable bonds is 1. The topological polar surface area (TPSA) is 26.3 Å². The van der Waals surface area contributed by atoms with Gasteiger partial charge in [0.15, 0.2) is 0 Å². The van der Waals surface area contributed by atoms with Crippen molar-refractivity contribution < 1.29 is 9.53 Å². The zero-order valence-electron chi connectivity index (χ0n) is 6.82. The summed E-state index contributed by atoms with van der Waals surface area (Å²) in [6.45, 7) is 1.95. The van der Waals surface area contributed by atoms with E-state index < -0.39 is 0 Å². The molecule has 0 aromatic carbocycles. The third kappa shape index (κ3) is 1.25. The number of esters is 1. The third-order valence-corrected chi connectivity index (χ3v) is 3.18. The maximum absolute atomic E-state index is 10.9. The largest absolute Gasteiger partial charge is 0.462 e. The van der Waals surface area contributed by atoms with Crippen molar-refractivity contribution in [2.45, 2.75) is 25.4 Å². The molecule has 0 bridgehead atoms. The van der Waals surface area contributed by atoms with Crippen LogP contribution >= 0.6 is 11.3 Å². The van der Waals surface area contributed by atoms with E-state index in [0.717, 1.165) is 0 Å². The fourth-order valence-electron chi connectivity index (χ4n) is 1.52. The number of carbonyl (C=O) groups is 1. The van der Waals surface area contributed by atoms with Crippen LogP contribution in [0.5, 0.6) is 0 Å². The van der Waals surface area contributed by atoms with Crippen LogP contribution in [0.1, 0.15) is 24.1 Å². The molecule has 0 unspecified atom stereocenters. The van der Waals surface area contributed by atoms with E-state index in [9.17, 15) is 4.79 Å². The van der Waals surface area contributed by atoms with Crippen LogP contribution in [0, 0.1) is 0 Å². The lowest BCUT2D eigenvalue weighted by molar-refractivity contribution is -0.140. The summed E-state index contributed by atoms with van der Waals surface area (Å²) >= 11 is 1.69. The first-order valence-corrected chi connectivity index (χ1v) is 4.88. The Labute approximate surface area is 75.2 Å². The molecule has 0 N–H and O–H groups in total. The summed E-state index contributed by atoms with van der Waals surface area (Å²) in [4.78, 5) is 12.2. The molecule has 1 aliphatic heterocycles. The van der Waals surface area contributed by atoms with Crippen LogP contribution in [-0.4, -0.2) is 12.1 Å². The first kappa shape index (κ1) is 7.80. The fourth-order valence-corrected chi connectivity index (χ4v) is 2.44. The van der Waals surface area contributed by atoms with Gasteiger partial charge in [-0.3, -0.25) is 4.79 Å². The average molecular weight is 182 g/mol. The van der Waals surface area contributed by atoms with Crippen molar-refractivity contribution in [1.29, 1.82) is 0 Å². The second-order valence-corrected chi connectivity index (χ2v) is 4.00. The first-order valence-electron chi connectivity index (χ1n) is 4.00. The highest BCUT2D eigenvalue weighted by molar-refractivity contribution is 7.10. The van der Waals surface area contributed by atoms with E-state index in [0.29, 0.717) is 6.42 Å². The lowest BCUT2D eigenvalue weighted by Crippen LogP contribution is -2.07. The monoisotopic (exact) mass is 182 g/mol. The van der Waals surface area contributed by atoms with E-state index in [1.165, 1.54) is 4.88 Å². The van der Waals surface area contributed by atoms with Crippen LogP contribution in [0.15, 0.2) is 17.5 Å². The van der Waals surface area contributed by atoms with Crippen molar-refractivity contribution >= 4 is 17.3 Å². The number of carbonyl (C=O) groups excluding carboxylic acids is 1. The maximum Gasteiger partial charge on any atom is 0.306 e. The van der Waals surface area contributed by atoms with Gasteiger partial charge in [0.05, 0.1) is 6.42 Å². The highest BCUT2D eigenvalue weighted by Crippen LogP contribution is 2.34. The van der Waals surface area contributed by atoms with Gasteiger partial charge < -0.3 is 4.74 Å². The minimum Gasteiger partial charge on any atom is -0.462 e. The van der Waals surface area contributed by atoms with Gasteiger partial charge in [0.1, 0.15) is 6.10 Å². The molecule has 2 nitrogen and oxygen atoms in total. The fraction of sp³-hybridized carbons (Fsp3) is 0.444. The van der Waals surface area contributed by atoms with Gasteiger partial charge in [-0.15, -0.1) is 11.3 Å². The molecule has 0 amide bonds. The smallest absolute Gasteiger partial charge is 0.306 e. The highest BCUT2D eigenvalue weighted by atomic mass is 32.1. The van der Waals surface area contributed by atoms with E-state index in [4.69, 9.17) is 4.74 Å². The van der Waals surface area contributed by atoms with Crippen molar-refractivity contribution in [3.8, 4) is 0 Å². The second-order valence-electron chi connectivity index (χ2n) is 3.02. The zero-order valence-corrected chi connectivity index (χ0v) is 7.64. The molecule has 1 aliphatic rings. The van der Waals surface area contributed by atoms with Crippen molar-refractivity contribution in [1.82, 2.24) is 0 Å². The van der Waals surface area contributed by atoms with Crippen molar-refractivity contribution in [3.63, 3.8) is 0 Å². The van der Waals surface area contributed by atoms with Crippen LogP contribution < -0.4 is 0 Å². The minimum absolute atomic E-state index is 0.0520. The van der Waals surface area contributed by atoms with E-state index in [1.807, 2.05) is 18.4 Å². The molecule has 0 aliphatic carbocycles. The third-order valence-electron chi connectivity index (χ3n) is 2.18. The molecule has 2 heterocycles. The SMILES string of the molecule is C[C@@H]1OC(=O)C[C@H]1c1cccs1. The van der Waals surface area contributed by atoms with Crippen LogP contribution in [0.25, 0.3) is 0 Å². The zero-order chi connectivity index (χ0) is 8.55. The van der Waals surface area contributed by atoms with E-state index in [2.05, 4.69) is 6.07 Å². The summed E-state index contributed by atoms with van der Waals surface area (Å²) in [5.41, 5.74) is 0. The number of hydrogen-bond acceptors (Lipinski definition) is 3. The van der Waals surface area contributed by atoms with Crippen molar-refractivity contribution in [2.24, 2.45) is 0 Å². The Morgan fingerprint density at radius 2 is 2.50 bits per heavy atom. The van der Waals surface area contributed by atoms with Crippen LogP contribution in [-0.2, 0) is 9.53 Å². The second kappa shape index (κ2) is 2.90. The van der Waals surface area contributed by atoms with Gasteiger partial charge in [-0.2, -0.15) is 0 Å². The summed E-state index contributed by atoms with van der Waals surface area (Å²) in [5, 5.41) is 2.03. The Morgan fingerprint density at radius 1 is 1.67 bits per heavy atom. The lowest BCUT2D eigenvalue weighted by atomic mass is 10.0. The summed E-state index contributed by atoms with van der Waals surface area (Å²) in [6.07, 6.45) is 0.595. The Bertz CT molecular complexity index is 279. The number of ether oxygens (including phenoxy) is 1. The highest BCUT2D eigenvalue weighted by Gasteiger charge is 2.32. The van der Waals surface area contributed by atoms with Gasteiger partial charge in [-0.1, -0.05) is 6.07 Å². The summed E-state index contributed by atoms with van der Waals surface area (Å²) < 4.78 is 5.07. The number of hydrogen-bond donors (Lipinski definition) is 0. The summed E-state index contributed by atoms with van der Waals surface area (Å²) in [6, 6.07) is 4.07. The molecule has 3 heteroatoms. The molecule has 1 fully saturated rings. The molecule has 2 rings (SSSR count). The molecule has 1 aromatic heterocycles. The number of thiophene rings is 1. The lowest BCUT2D eigenvalue weighted by Gasteiger charge is -2.09. The molecule has 12 heavy (non-hydrogen) atoms.